The number of benzene rings is 16. The van der Waals surface area contributed by atoms with Crippen molar-refractivity contribution in [2.45, 2.75) is 244 Å². The van der Waals surface area contributed by atoms with Gasteiger partial charge in [-0.15, -0.1) is 0 Å². The molecule has 4 saturated carbocycles. The monoisotopic (exact) mass is 1930 g/mol. The Balaban J connectivity index is 0.000000236. The first-order valence-electron chi connectivity index (χ1n) is 54.2. The Labute approximate surface area is 872 Å². The van der Waals surface area contributed by atoms with E-state index in [1.54, 1.807) is 0 Å². The third kappa shape index (κ3) is 25.4. The maximum absolute atomic E-state index is 14.2. The quantitative estimate of drug-likeness (QED) is 0.0183. The molecule has 2 N–H and O–H groups in total. The predicted molar refractivity (Wildman–Crippen MR) is 613 cm³/mol. The van der Waals surface area contributed by atoms with Gasteiger partial charge < -0.3 is 18.9 Å². The summed E-state index contributed by atoms with van der Waals surface area (Å²) in [6.45, 7) is 9.15. The van der Waals surface area contributed by atoms with Crippen LogP contribution in [0.2, 0.25) is 0 Å². The molecule has 0 saturated heterocycles. The largest absolute Gasteiger partial charge is 0 e. The van der Waals surface area contributed by atoms with Crippen LogP contribution in [-0.4, -0.2) is 39.2 Å². The van der Waals surface area contributed by atoms with Gasteiger partial charge in [0.25, 0.3) is 0 Å². The van der Waals surface area contributed by atoms with Crippen LogP contribution >= 0.6 is 0 Å². The number of carbonyl (C=O) groups excluding carboxylic acids is 4. The van der Waals surface area contributed by atoms with Crippen molar-refractivity contribution in [3.05, 3.63) is 384 Å². The van der Waals surface area contributed by atoms with Crippen LogP contribution in [0.3, 0.4) is 0 Å². The molecule has 16 aromatic carbocycles. The molecular formula is C134H146B2N2O8. The van der Waals surface area contributed by atoms with Gasteiger partial charge in [0.2, 0.25) is 0 Å². The number of carbonyl (C=O) groups is 4. The second kappa shape index (κ2) is 51.3. The zero-order chi connectivity index (χ0) is 101. The molecule has 0 aromatic heterocycles. The van der Waals surface area contributed by atoms with Gasteiger partial charge in [-0.25, -0.2) is 19.2 Å². The number of ether oxygens (including phenoxy) is 4. The van der Waals surface area contributed by atoms with Crippen molar-refractivity contribution in [3.63, 3.8) is 0 Å². The molecule has 0 atom stereocenters. The zero-order valence-corrected chi connectivity index (χ0v) is 85.6. The number of rotatable bonds is 32. The average molecular weight is 1930 g/mol. The molecule has 0 amide bonds. The molecule has 0 unspecified atom stereocenters. The molecule has 746 valence electrons. The maximum atomic E-state index is 14.2. The molecule has 4 fully saturated rings. The van der Waals surface area contributed by atoms with Gasteiger partial charge in [0.05, 0.1) is 22.3 Å². The second-order valence-electron chi connectivity index (χ2n) is 41.1. The Hall–Kier alpha value is -13.8. The summed E-state index contributed by atoms with van der Waals surface area (Å²) in [6.07, 6.45) is 39.8. The minimum Gasteiger partial charge on any atom is 0 e. The Bertz CT molecular complexity index is 6640. The Morgan fingerprint density at radius 3 is 0.589 bits per heavy atom. The van der Waals surface area contributed by atoms with Crippen LogP contribution in [-0.2, 0) is 0 Å². The number of fused-ring (bicyclic) bond motifs is 4. The summed E-state index contributed by atoms with van der Waals surface area (Å²) in [6, 6.07) is 114. The van der Waals surface area contributed by atoms with Crippen molar-refractivity contribution in [2.24, 2.45) is 23.7 Å². The number of hydrogen-bond acceptors (Lipinski definition) is 10. The Morgan fingerprint density at radius 2 is 0.397 bits per heavy atom. The van der Waals surface area contributed by atoms with E-state index in [-0.39, 0.29) is 5.71 Å². The van der Waals surface area contributed by atoms with Crippen LogP contribution in [0.1, 0.15) is 313 Å². The summed E-state index contributed by atoms with van der Waals surface area (Å²) < 4.78 is 25.5. The molecule has 0 bridgehead atoms. The number of nitrogens with one attached hydrogen (secondary N) is 2. The van der Waals surface area contributed by atoms with Crippen molar-refractivity contribution < 1.29 is 43.8 Å². The first-order valence-corrected chi connectivity index (χ1v) is 54.2. The predicted octanol–water partition coefficient (Wildman–Crippen LogP) is 38.3. The van der Waals surface area contributed by atoms with E-state index in [1.165, 1.54) is 215 Å². The van der Waals surface area contributed by atoms with Gasteiger partial charge >= 0.3 is 49.8 Å². The van der Waals surface area contributed by atoms with Crippen molar-refractivity contribution in [3.8, 4) is 89.8 Å². The Kier molecular flexibility index (Phi) is 36.4. The molecule has 0 spiro atoms. The smallest absolute Gasteiger partial charge is 0 e. The fourth-order valence-electron chi connectivity index (χ4n) is 23.5. The minimum atomic E-state index is -0.466. The maximum Gasteiger partial charge on any atom is 0 e. The summed E-state index contributed by atoms with van der Waals surface area (Å²) in [5, 5.41) is 17.9. The summed E-state index contributed by atoms with van der Waals surface area (Å²) in [5.74, 6) is 5.81. The molecule has 4 aliphatic carbocycles. The molecule has 0 aliphatic heterocycles. The van der Waals surface area contributed by atoms with Crippen LogP contribution in [0.25, 0.3) is 110 Å². The SMILES string of the molecule is CCCCC1CCC(c2ccc(-c3ccc(C(=O)Oc4ccc5ccccc5c4-c4c(OC(=O)c5ccc(-c6ccc(C7CCC(CCCC)CC7)cc6)cc5)ccc5ccccc45)cc3)cc2)CC1.CCCCCC1CCC(c2ccc(-c3ccc(C(=O)Oc4ccc5ccccc5c4-c4c(OC(=O)c5ccc(-c6ccc(C7CCC(CCCCC)CC7)cc6)cc5)ccc5ccccc45)cc3)cc2)CC1.[B]=N.[B]=N.[HH].[HH].[HH].[HH]. The second-order valence-corrected chi connectivity index (χ2v) is 41.1. The third-order valence-corrected chi connectivity index (χ3v) is 32.0. The molecule has 0 heterocycles. The van der Waals surface area contributed by atoms with E-state index < -0.39 is 23.9 Å². The van der Waals surface area contributed by atoms with E-state index in [2.05, 4.69) is 140 Å². The van der Waals surface area contributed by atoms with Gasteiger partial charge in [0, 0.05) is 28.0 Å². The topological polar surface area (TPSA) is 153 Å². The van der Waals surface area contributed by atoms with E-state index in [9.17, 15) is 19.2 Å². The van der Waals surface area contributed by atoms with Crippen molar-refractivity contribution in [1.29, 1.82) is 10.6 Å². The molecule has 16 aromatic rings. The van der Waals surface area contributed by atoms with Crippen molar-refractivity contribution in [1.82, 2.24) is 0 Å². The van der Waals surface area contributed by atoms with Crippen LogP contribution in [0.15, 0.2) is 340 Å². The van der Waals surface area contributed by atoms with Gasteiger partial charge in [-0.3, -0.25) is 0 Å². The Morgan fingerprint density at radius 1 is 0.219 bits per heavy atom. The number of hydrogen-bond donors (Lipinski definition) is 2. The number of esters is 4. The van der Waals surface area contributed by atoms with Crippen LogP contribution < -0.4 is 18.9 Å². The van der Waals surface area contributed by atoms with Gasteiger partial charge in [-0.05, 0) is 333 Å². The van der Waals surface area contributed by atoms with Gasteiger partial charge in [-0.1, -0.05) is 385 Å². The normalized spacial score (nSPS) is 17.6. The van der Waals surface area contributed by atoms with E-state index in [4.69, 9.17) is 29.6 Å². The molecule has 10 nitrogen and oxygen atoms in total. The molecular weight excluding hydrogens is 1790 g/mol. The van der Waals surface area contributed by atoms with Gasteiger partial charge in [-0.2, -0.15) is 0 Å². The molecule has 2 radical (unpaired) electrons. The van der Waals surface area contributed by atoms with Crippen molar-refractivity contribution in [2.75, 3.05) is 0 Å². The van der Waals surface area contributed by atoms with Crippen molar-refractivity contribution >= 4 is 82.2 Å². The first kappa shape index (κ1) is 104. The average Bonchev–Trinajstić information content (AvgIpc) is 0.750. The summed E-state index contributed by atoms with van der Waals surface area (Å²) in [7, 11) is 7.50. The van der Waals surface area contributed by atoms with Crippen LogP contribution in [0.4, 0.5) is 0 Å². The summed E-state index contributed by atoms with van der Waals surface area (Å²) in [4.78, 5) is 56.6. The molecule has 12 heteroatoms. The van der Waals surface area contributed by atoms with Gasteiger partial charge in [0.1, 0.15) is 23.0 Å². The van der Waals surface area contributed by atoms with E-state index in [1.807, 2.05) is 243 Å². The molecule has 146 heavy (non-hydrogen) atoms. The van der Waals surface area contributed by atoms with E-state index in [0.29, 0.717) is 91.2 Å². The van der Waals surface area contributed by atoms with Gasteiger partial charge in [0.15, 0.2) is 0 Å². The van der Waals surface area contributed by atoms with E-state index >= 15 is 0 Å². The minimum absolute atomic E-state index is 0. The fraction of sp³-hybridized carbons (Fsp3) is 0.313. The summed E-state index contributed by atoms with van der Waals surface area (Å²) >= 11 is 0. The van der Waals surface area contributed by atoms with Crippen LogP contribution in [0.5, 0.6) is 23.0 Å². The fourth-order valence-corrected chi connectivity index (χ4v) is 23.5. The molecule has 4 aliphatic rings. The van der Waals surface area contributed by atoms with E-state index in [0.717, 1.165) is 111 Å². The standard InChI is InChI=1S/C68H70O4.C66H66O4.2BHN.4H2/c1-3-5-7-13-47-19-23-49(24-20-47)51-27-31-53(32-28-51)55-35-39-59(40-36-55)67(69)71-63-45-43-57-15-9-11-17-61(57)65(63)66-62-18-12-10-16-58(62)44-46-64(66)72-68(70)60-41-37-56(38-42-60)54-33-29-52(30-34-54)50-25-21-48(22-26-50)14-8-6-4-2;1-3-5-11-45-17-21-47(22-18-45)49-25-29-51(30-26-49)53-33-37-57(38-34-53)65(67)69-61-43-41-55-13-7-9-15-59(55)63(61)64-60-16-10-8-14-56(60)42-44-62(64)70-66(68)58-39-35-54(36-40-58)52-31-27-50(28-32-52)48-23-19-46(20-24-48)12-6-4-2;2*1-2;;;;/h9-12,15-18,27-50H,3-8,13-14,19-26H2,1-2H3;7-10,13-16,25-48H,3-6,11-12,17-24H2,1-2H3;2*2H;4*1H. The first-order chi connectivity index (χ1) is 71.8. The third-order valence-electron chi connectivity index (χ3n) is 32.0. The zero-order valence-electron chi connectivity index (χ0n) is 85.6. The van der Waals surface area contributed by atoms with Crippen LogP contribution in [0, 0.1) is 34.3 Å². The number of unbranched alkanes of at least 4 members (excludes halogenated alkanes) is 6. The molecule has 20 rings (SSSR count). The summed E-state index contributed by atoms with van der Waals surface area (Å²) in [5.41, 5.74) is 19.0.